The number of hydrogen-bond acceptors (Lipinski definition) is 4. The van der Waals surface area contributed by atoms with Crippen LogP contribution in [0.15, 0.2) is 24.3 Å². The topological polar surface area (TPSA) is 41.7 Å². The molecule has 0 saturated carbocycles. The van der Waals surface area contributed by atoms with Crippen LogP contribution in [0.5, 0.6) is 0 Å². The van der Waals surface area contributed by atoms with Crippen LogP contribution in [0.2, 0.25) is 0 Å². The minimum Gasteiger partial charge on any atom is -0.385 e. The Bertz CT molecular complexity index is 358. The van der Waals surface area contributed by atoms with Crippen LogP contribution in [-0.4, -0.2) is 51.3 Å². The lowest BCUT2D eigenvalue weighted by Crippen LogP contribution is -2.46. The normalized spacial score (nSPS) is 16.8. The number of hydrogen-bond donors (Lipinski definition) is 1. The first-order chi connectivity index (χ1) is 9.33. The summed E-state index contributed by atoms with van der Waals surface area (Å²) in [6, 6.07) is 8.62. The van der Waals surface area contributed by atoms with Crippen molar-refractivity contribution >= 4 is 5.69 Å². The quantitative estimate of drug-likeness (QED) is 0.786. The van der Waals surface area contributed by atoms with Gasteiger partial charge in [0, 0.05) is 58.7 Å². The van der Waals surface area contributed by atoms with Gasteiger partial charge >= 0.3 is 0 Å². The summed E-state index contributed by atoms with van der Waals surface area (Å²) in [5, 5.41) is 0. The number of nitrogens with two attached hydrogens (primary N) is 1. The van der Waals surface area contributed by atoms with E-state index < -0.39 is 0 Å². The maximum atomic E-state index is 5.62. The molecule has 0 aromatic heterocycles. The maximum Gasteiger partial charge on any atom is 0.0474 e. The Morgan fingerprint density at radius 3 is 2.37 bits per heavy atom. The summed E-state index contributed by atoms with van der Waals surface area (Å²) >= 11 is 0. The maximum absolute atomic E-state index is 5.62. The Kier molecular flexibility index (Phi) is 5.63. The number of methoxy groups -OCH3 is 1. The Balaban J connectivity index is 1.78. The molecular formula is C15H25N3O. The minimum atomic E-state index is 0.619. The van der Waals surface area contributed by atoms with Gasteiger partial charge in [-0.1, -0.05) is 12.1 Å². The smallest absolute Gasteiger partial charge is 0.0474 e. The lowest BCUT2D eigenvalue weighted by molar-refractivity contribution is 0.169. The average molecular weight is 263 g/mol. The van der Waals surface area contributed by atoms with Gasteiger partial charge in [-0.3, -0.25) is 4.90 Å². The van der Waals surface area contributed by atoms with E-state index >= 15 is 0 Å². The highest BCUT2D eigenvalue weighted by Gasteiger charge is 2.16. The molecule has 4 heteroatoms. The van der Waals surface area contributed by atoms with Crippen molar-refractivity contribution in [2.45, 2.75) is 13.0 Å². The molecule has 0 radical (unpaired) electrons. The Labute approximate surface area is 116 Å². The monoisotopic (exact) mass is 263 g/mol. The van der Waals surface area contributed by atoms with E-state index in [0.29, 0.717) is 6.54 Å². The standard InChI is InChI=1S/C15H25N3O/c1-19-12-2-7-17-8-10-18(11-9-17)15-5-3-14(13-16)4-6-15/h3-6H,2,7-13,16H2,1H3. The van der Waals surface area contributed by atoms with Crippen LogP contribution in [0.4, 0.5) is 5.69 Å². The zero-order valence-corrected chi connectivity index (χ0v) is 11.8. The average Bonchev–Trinajstić information content (AvgIpc) is 2.48. The van der Waals surface area contributed by atoms with Crippen molar-refractivity contribution in [3.8, 4) is 0 Å². The molecule has 1 aromatic rings. The fourth-order valence-corrected chi connectivity index (χ4v) is 2.51. The summed E-state index contributed by atoms with van der Waals surface area (Å²) < 4.78 is 5.10. The van der Waals surface area contributed by atoms with Crippen LogP contribution in [0.3, 0.4) is 0 Å². The fraction of sp³-hybridized carbons (Fsp3) is 0.600. The van der Waals surface area contributed by atoms with E-state index in [1.807, 2.05) is 0 Å². The molecule has 0 bridgehead atoms. The third-order valence-corrected chi connectivity index (χ3v) is 3.73. The molecule has 1 aromatic carbocycles. The van der Waals surface area contributed by atoms with Gasteiger partial charge in [-0.05, 0) is 24.1 Å². The van der Waals surface area contributed by atoms with Crippen LogP contribution in [0.25, 0.3) is 0 Å². The number of piperazine rings is 1. The van der Waals surface area contributed by atoms with Gasteiger partial charge < -0.3 is 15.4 Å². The molecule has 19 heavy (non-hydrogen) atoms. The molecule has 4 nitrogen and oxygen atoms in total. The van der Waals surface area contributed by atoms with Gasteiger partial charge in [0.15, 0.2) is 0 Å². The molecule has 1 fully saturated rings. The van der Waals surface area contributed by atoms with Gasteiger partial charge in [0.25, 0.3) is 0 Å². The molecular weight excluding hydrogens is 238 g/mol. The van der Waals surface area contributed by atoms with Gasteiger partial charge in [-0.15, -0.1) is 0 Å². The highest BCUT2D eigenvalue weighted by atomic mass is 16.5. The molecule has 0 amide bonds. The van der Waals surface area contributed by atoms with Gasteiger partial charge in [0.05, 0.1) is 0 Å². The third kappa shape index (κ3) is 4.20. The van der Waals surface area contributed by atoms with Crippen molar-refractivity contribution in [3.63, 3.8) is 0 Å². The number of ether oxygens (including phenoxy) is 1. The summed E-state index contributed by atoms with van der Waals surface area (Å²) in [7, 11) is 1.77. The zero-order valence-electron chi connectivity index (χ0n) is 11.8. The summed E-state index contributed by atoms with van der Waals surface area (Å²) in [5.41, 5.74) is 8.13. The highest BCUT2D eigenvalue weighted by molar-refractivity contribution is 5.48. The van der Waals surface area contributed by atoms with Crippen molar-refractivity contribution in [1.29, 1.82) is 0 Å². The molecule has 0 unspecified atom stereocenters. The van der Waals surface area contributed by atoms with E-state index in [4.69, 9.17) is 10.5 Å². The second-order valence-corrected chi connectivity index (χ2v) is 5.05. The lowest BCUT2D eigenvalue weighted by atomic mass is 10.2. The second kappa shape index (κ2) is 7.48. The largest absolute Gasteiger partial charge is 0.385 e. The molecule has 0 atom stereocenters. The molecule has 2 N–H and O–H groups in total. The molecule has 0 spiro atoms. The van der Waals surface area contributed by atoms with E-state index in [2.05, 4.69) is 34.1 Å². The summed E-state index contributed by atoms with van der Waals surface area (Å²) in [5.74, 6) is 0. The molecule has 1 saturated heterocycles. The fourth-order valence-electron chi connectivity index (χ4n) is 2.51. The van der Waals surface area contributed by atoms with Crippen molar-refractivity contribution in [3.05, 3.63) is 29.8 Å². The van der Waals surface area contributed by atoms with Gasteiger partial charge in [0.1, 0.15) is 0 Å². The first-order valence-corrected chi connectivity index (χ1v) is 7.08. The van der Waals surface area contributed by atoms with E-state index in [-0.39, 0.29) is 0 Å². The van der Waals surface area contributed by atoms with Crippen molar-refractivity contribution in [1.82, 2.24) is 4.90 Å². The number of anilines is 1. The van der Waals surface area contributed by atoms with Crippen LogP contribution >= 0.6 is 0 Å². The predicted octanol–water partition coefficient (Wildman–Crippen LogP) is 1.30. The van der Waals surface area contributed by atoms with E-state index in [1.54, 1.807) is 7.11 Å². The van der Waals surface area contributed by atoms with E-state index in [0.717, 1.165) is 45.8 Å². The summed E-state index contributed by atoms with van der Waals surface area (Å²) in [6.07, 6.45) is 1.13. The molecule has 1 heterocycles. The molecule has 2 rings (SSSR count). The lowest BCUT2D eigenvalue weighted by Gasteiger charge is -2.36. The summed E-state index contributed by atoms with van der Waals surface area (Å²) in [6.45, 7) is 7.12. The molecule has 106 valence electrons. The van der Waals surface area contributed by atoms with Crippen molar-refractivity contribution in [2.24, 2.45) is 5.73 Å². The molecule has 1 aliphatic rings. The highest BCUT2D eigenvalue weighted by Crippen LogP contribution is 2.17. The van der Waals surface area contributed by atoms with Crippen LogP contribution in [0, 0.1) is 0 Å². The van der Waals surface area contributed by atoms with E-state index in [1.165, 1.54) is 11.3 Å². The zero-order chi connectivity index (χ0) is 13.5. The second-order valence-electron chi connectivity index (χ2n) is 5.05. The first-order valence-electron chi connectivity index (χ1n) is 7.08. The Morgan fingerprint density at radius 2 is 1.79 bits per heavy atom. The third-order valence-electron chi connectivity index (χ3n) is 3.73. The van der Waals surface area contributed by atoms with Crippen molar-refractivity contribution < 1.29 is 4.74 Å². The number of benzene rings is 1. The van der Waals surface area contributed by atoms with E-state index in [9.17, 15) is 0 Å². The Morgan fingerprint density at radius 1 is 1.11 bits per heavy atom. The van der Waals surface area contributed by atoms with Crippen LogP contribution in [0.1, 0.15) is 12.0 Å². The summed E-state index contributed by atoms with van der Waals surface area (Å²) in [4.78, 5) is 4.97. The SMILES string of the molecule is COCCCN1CCN(c2ccc(CN)cc2)CC1. The molecule has 1 aliphatic heterocycles. The van der Waals surface area contributed by atoms with Gasteiger partial charge in [-0.25, -0.2) is 0 Å². The number of nitrogens with zero attached hydrogens (tertiary/aromatic N) is 2. The Hall–Kier alpha value is -1.10. The first kappa shape index (κ1) is 14.3. The predicted molar refractivity (Wildman–Crippen MR) is 79.5 cm³/mol. The van der Waals surface area contributed by atoms with Gasteiger partial charge in [-0.2, -0.15) is 0 Å². The van der Waals surface area contributed by atoms with Crippen LogP contribution in [-0.2, 0) is 11.3 Å². The van der Waals surface area contributed by atoms with Gasteiger partial charge in [0.2, 0.25) is 0 Å². The van der Waals surface area contributed by atoms with Crippen molar-refractivity contribution in [2.75, 3.05) is 51.3 Å². The molecule has 0 aliphatic carbocycles. The minimum absolute atomic E-state index is 0.619. The van der Waals surface area contributed by atoms with Crippen LogP contribution < -0.4 is 10.6 Å². The number of rotatable bonds is 6.